The van der Waals surface area contributed by atoms with Gasteiger partial charge < -0.3 is 9.73 Å². The summed E-state index contributed by atoms with van der Waals surface area (Å²) in [4.78, 5) is 3.39. The number of furan rings is 1. The first-order chi connectivity index (χ1) is 8.66. The van der Waals surface area contributed by atoms with Crippen LogP contribution in [0.4, 0.5) is 0 Å². The highest BCUT2D eigenvalue weighted by Gasteiger charge is 2.16. The third-order valence-electron chi connectivity index (χ3n) is 2.75. The molecule has 0 saturated carbocycles. The molecule has 5 heteroatoms. The molecule has 0 aliphatic rings. The lowest BCUT2D eigenvalue weighted by Crippen LogP contribution is -2.30. The molecule has 0 amide bonds. The fourth-order valence-corrected chi connectivity index (χ4v) is 2.84. The maximum atomic E-state index is 5.89. The first kappa shape index (κ1) is 13.6. The normalized spacial score (nSPS) is 13.1. The van der Waals surface area contributed by atoms with Crippen LogP contribution in [0, 0.1) is 0 Å². The molecule has 0 aliphatic heterocycles. The van der Waals surface area contributed by atoms with Crippen molar-refractivity contribution in [1.82, 2.24) is 10.2 Å². The Bertz CT molecular complexity index is 467. The van der Waals surface area contributed by atoms with Crippen LogP contribution in [0.3, 0.4) is 0 Å². The van der Waals surface area contributed by atoms with Crippen molar-refractivity contribution in [2.75, 3.05) is 20.6 Å². The van der Waals surface area contributed by atoms with Crippen LogP contribution in [-0.2, 0) is 6.54 Å². The average molecular weight is 285 g/mol. The molecule has 98 valence electrons. The molecule has 2 aromatic rings. The van der Waals surface area contributed by atoms with E-state index in [9.17, 15) is 0 Å². The molecule has 0 fully saturated rings. The lowest BCUT2D eigenvalue weighted by atomic mass is 10.2. The van der Waals surface area contributed by atoms with E-state index >= 15 is 0 Å². The van der Waals surface area contributed by atoms with Crippen molar-refractivity contribution in [2.45, 2.75) is 12.6 Å². The van der Waals surface area contributed by atoms with Crippen LogP contribution >= 0.6 is 22.9 Å². The fourth-order valence-electron chi connectivity index (χ4n) is 1.80. The van der Waals surface area contributed by atoms with E-state index in [4.69, 9.17) is 16.0 Å². The molecule has 1 atom stereocenters. The quantitative estimate of drug-likeness (QED) is 0.881. The van der Waals surface area contributed by atoms with Crippen molar-refractivity contribution in [3.05, 3.63) is 45.5 Å². The SMILES string of the molecule is CN(C)C(CNCc1cc(Cl)cs1)c1ccco1. The number of hydrogen-bond donors (Lipinski definition) is 1. The van der Waals surface area contributed by atoms with E-state index in [-0.39, 0.29) is 6.04 Å². The minimum Gasteiger partial charge on any atom is -0.468 e. The number of halogens is 1. The van der Waals surface area contributed by atoms with E-state index in [0.29, 0.717) is 0 Å². The number of hydrogen-bond acceptors (Lipinski definition) is 4. The van der Waals surface area contributed by atoms with E-state index in [2.05, 4.69) is 24.3 Å². The fraction of sp³-hybridized carbons (Fsp3) is 0.385. The Balaban J connectivity index is 1.87. The monoisotopic (exact) mass is 284 g/mol. The molecule has 0 bridgehead atoms. The average Bonchev–Trinajstić information content (AvgIpc) is 2.95. The summed E-state index contributed by atoms with van der Waals surface area (Å²) in [5.74, 6) is 0.983. The van der Waals surface area contributed by atoms with Crippen molar-refractivity contribution in [2.24, 2.45) is 0 Å². The standard InChI is InChI=1S/C13H17ClN2OS/c1-16(2)12(13-4-3-5-17-13)8-15-7-11-6-10(14)9-18-11/h3-6,9,12,15H,7-8H2,1-2H3. The molecule has 0 aromatic carbocycles. The maximum absolute atomic E-state index is 5.89. The highest BCUT2D eigenvalue weighted by molar-refractivity contribution is 7.10. The molecular weight excluding hydrogens is 268 g/mol. The molecule has 2 aromatic heterocycles. The number of likely N-dealkylation sites (N-methyl/N-ethyl adjacent to an activating group) is 1. The molecular formula is C13H17ClN2OS. The van der Waals surface area contributed by atoms with E-state index in [1.165, 1.54) is 4.88 Å². The highest BCUT2D eigenvalue weighted by atomic mass is 35.5. The van der Waals surface area contributed by atoms with Gasteiger partial charge in [0, 0.05) is 23.3 Å². The summed E-state index contributed by atoms with van der Waals surface area (Å²) in [5, 5.41) is 6.20. The van der Waals surface area contributed by atoms with Crippen LogP contribution in [0.2, 0.25) is 5.02 Å². The van der Waals surface area contributed by atoms with Gasteiger partial charge in [0.2, 0.25) is 0 Å². The predicted octanol–water partition coefficient (Wildman–Crippen LogP) is 3.39. The Hall–Kier alpha value is -0.810. The van der Waals surface area contributed by atoms with Gasteiger partial charge in [-0.05, 0) is 32.3 Å². The molecule has 0 spiro atoms. The van der Waals surface area contributed by atoms with Gasteiger partial charge >= 0.3 is 0 Å². The summed E-state index contributed by atoms with van der Waals surface area (Å²) in [7, 11) is 4.10. The summed E-state index contributed by atoms with van der Waals surface area (Å²) in [6.07, 6.45) is 1.71. The third-order valence-corrected chi connectivity index (χ3v) is 4.04. The Morgan fingerprint density at radius 3 is 2.89 bits per heavy atom. The van der Waals surface area contributed by atoms with Crippen molar-refractivity contribution >= 4 is 22.9 Å². The number of rotatable bonds is 6. The smallest absolute Gasteiger partial charge is 0.122 e. The minimum atomic E-state index is 0.246. The first-order valence-electron chi connectivity index (χ1n) is 5.80. The van der Waals surface area contributed by atoms with Crippen LogP contribution in [-0.4, -0.2) is 25.5 Å². The van der Waals surface area contributed by atoms with Crippen LogP contribution in [0.15, 0.2) is 34.3 Å². The Morgan fingerprint density at radius 2 is 2.33 bits per heavy atom. The predicted molar refractivity (Wildman–Crippen MR) is 76.2 cm³/mol. The molecule has 1 N–H and O–H groups in total. The Morgan fingerprint density at radius 1 is 1.50 bits per heavy atom. The van der Waals surface area contributed by atoms with Gasteiger partial charge in [-0.1, -0.05) is 11.6 Å². The van der Waals surface area contributed by atoms with Gasteiger partial charge in [0.05, 0.1) is 17.3 Å². The zero-order valence-electron chi connectivity index (χ0n) is 10.5. The molecule has 18 heavy (non-hydrogen) atoms. The lowest BCUT2D eigenvalue weighted by molar-refractivity contribution is 0.250. The zero-order valence-corrected chi connectivity index (χ0v) is 12.1. The second kappa shape index (κ2) is 6.38. The van der Waals surface area contributed by atoms with Crippen LogP contribution in [0.25, 0.3) is 0 Å². The third kappa shape index (κ3) is 3.59. The Kier molecular flexibility index (Phi) is 4.83. The maximum Gasteiger partial charge on any atom is 0.122 e. The molecule has 2 heterocycles. The summed E-state index contributed by atoms with van der Waals surface area (Å²) in [6.45, 7) is 1.68. The second-order valence-electron chi connectivity index (χ2n) is 4.36. The van der Waals surface area contributed by atoms with Crippen molar-refractivity contribution < 1.29 is 4.42 Å². The number of nitrogens with one attached hydrogen (secondary N) is 1. The Labute approximate surface area is 116 Å². The van der Waals surface area contributed by atoms with Crippen LogP contribution in [0.1, 0.15) is 16.7 Å². The van der Waals surface area contributed by atoms with Gasteiger partial charge in [0.15, 0.2) is 0 Å². The molecule has 2 rings (SSSR count). The van der Waals surface area contributed by atoms with Crippen molar-refractivity contribution in [3.63, 3.8) is 0 Å². The zero-order chi connectivity index (χ0) is 13.0. The number of thiophene rings is 1. The highest BCUT2D eigenvalue weighted by Crippen LogP contribution is 2.20. The largest absolute Gasteiger partial charge is 0.468 e. The molecule has 0 saturated heterocycles. The van der Waals surface area contributed by atoms with E-state index < -0.39 is 0 Å². The van der Waals surface area contributed by atoms with E-state index in [0.717, 1.165) is 23.9 Å². The minimum absolute atomic E-state index is 0.246. The second-order valence-corrected chi connectivity index (χ2v) is 5.79. The lowest BCUT2D eigenvalue weighted by Gasteiger charge is -2.22. The number of nitrogens with zero attached hydrogens (tertiary/aromatic N) is 1. The summed E-state index contributed by atoms with van der Waals surface area (Å²) in [5.41, 5.74) is 0. The van der Waals surface area contributed by atoms with E-state index in [1.807, 2.05) is 23.6 Å². The molecule has 1 unspecified atom stereocenters. The first-order valence-corrected chi connectivity index (χ1v) is 7.06. The van der Waals surface area contributed by atoms with Gasteiger partial charge in [-0.25, -0.2) is 0 Å². The van der Waals surface area contributed by atoms with Crippen LogP contribution in [0.5, 0.6) is 0 Å². The van der Waals surface area contributed by atoms with Gasteiger partial charge in [0.25, 0.3) is 0 Å². The van der Waals surface area contributed by atoms with Gasteiger partial charge in [-0.2, -0.15) is 0 Å². The molecule has 3 nitrogen and oxygen atoms in total. The topological polar surface area (TPSA) is 28.4 Å². The van der Waals surface area contributed by atoms with Gasteiger partial charge in [-0.15, -0.1) is 11.3 Å². The molecule has 0 aliphatic carbocycles. The summed E-state index contributed by atoms with van der Waals surface area (Å²) < 4.78 is 5.46. The van der Waals surface area contributed by atoms with Gasteiger partial charge in [-0.3, -0.25) is 4.90 Å². The summed E-state index contributed by atoms with van der Waals surface area (Å²) in [6, 6.07) is 6.17. The van der Waals surface area contributed by atoms with Crippen molar-refractivity contribution in [1.29, 1.82) is 0 Å². The van der Waals surface area contributed by atoms with Gasteiger partial charge in [0.1, 0.15) is 5.76 Å². The van der Waals surface area contributed by atoms with Crippen LogP contribution < -0.4 is 5.32 Å². The summed E-state index contributed by atoms with van der Waals surface area (Å²) >= 11 is 7.57. The molecule has 0 radical (unpaired) electrons. The van der Waals surface area contributed by atoms with Crippen molar-refractivity contribution in [3.8, 4) is 0 Å². The van der Waals surface area contributed by atoms with E-state index in [1.54, 1.807) is 17.6 Å².